The number of ether oxygens (including phenoxy) is 2. The normalized spacial score (nSPS) is 10.8. The third-order valence-electron chi connectivity index (χ3n) is 6.53. The van der Waals surface area contributed by atoms with E-state index in [1.807, 2.05) is 54.6 Å². The Balaban J connectivity index is 1.17. The molecule has 0 atom stereocenters. The molecule has 5 aromatic carbocycles. The minimum Gasteiger partial charge on any atom is -0.497 e. The molecule has 5 aromatic rings. The number of anilines is 2. The first-order valence-corrected chi connectivity index (χ1v) is 15.3. The fraction of sp³-hybridized carbons (Fsp3) is 0.0541. The van der Waals surface area contributed by atoms with Gasteiger partial charge in [-0.25, -0.2) is 0 Å². The minimum absolute atomic E-state index is 0.0666. The molecule has 0 unspecified atom stereocenters. The van der Waals surface area contributed by atoms with Crippen molar-refractivity contribution in [1.29, 1.82) is 0 Å². The summed E-state index contributed by atoms with van der Waals surface area (Å²) in [4.78, 5) is 39.6. The SMILES string of the molecule is COc1cccc(/C=C(\NC(=O)c2ccccc2)C(=O)Nc2ccc(SCC(=O)Nc3ccc(Oc4ccccc4)cc3)cc2)c1. The van der Waals surface area contributed by atoms with E-state index in [2.05, 4.69) is 16.0 Å². The van der Waals surface area contributed by atoms with E-state index in [-0.39, 0.29) is 17.4 Å². The average molecular weight is 630 g/mol. The molecule has 0 aliphatic carbocycles. The summed E-state index contributed by atoms with van der Waals surface area (Å²) in [6, 6.07) is 39.6. The Morgan fingerprint density at radius 3 is 1.98 bits per heavy atom. The van der Waals surface area contributed by atoms with Crippen molar-refractivity contribution in [2.24, 2.45) is 0 Å². The zero-order chi connectivity index (χ0) is 32.1. The quantitative estimate of drug-likeness (QED) is 0.0968. The van der Waals surface area contributed by atoms with E-state index in [1.54, 1.807) is 92.0 Å². The first kappa shape index (κ1) is 31.6. The number of hydrogen-bond donors (Lipinski definition) is 3. The van der Waals surface area contributed by atoms with E-state index >= 15 is 0 Å². The predicted octanol–water partition coefficient (Wildman–Crippen LogP) is 7.63. The first-order chi connectivity index (χ1) is 22.4. The van der Waals surface area contributed by atoms with Crippen LogP contribution in [0.15, 0.2) is 144 Å². The zero-order valence-corrected chi connectivity index (χ0v) is 25.8. The fourth-order valence-corrected chi connectivity index (χ4v) is 4.95. The van der Waals surface area contributed by atoms with Gasteiger partial charge in [-0.15, -0.1) is 11.8 Å². The van der Waals surface area contributed by atoms with Crippen LogP contribution in [0.5, 0.6) is 17.2 Å². The maximum absolute atomic E-state index is 13.3. The van der Waals surface area contributed by atoms with Crippen LogP contribution in [0.2, 0.25) is 0 Å². The molecule has 0 heterocycles. The molecule has 0 aliphatic rings. The standard InChI is InChI=1S/C37H31N3O5S/c1-44-32-14-8-9-26(23-32)24-34(40-36(42)27-10-4-2-5-11-27)37(43)39-29-17-21-33(22-18-29)46-25-35(41)38-28-15-19-31(20-16-28)45-30-12-6-3-7-13-30/h2-24H,25H2,1H3,(H,38,41)(H,39,43)(H,40,42)/b34-24-. The highest BCUT2D eigenvalue weighted by Gasteiger charge is 2.15. The third-order valence-corrected chi connectivity index (χ3v) is 7.54. The highest BCUT2D eigenvalue weighted by atomic mass is 32.2. The van der Waals surface area contributed by atoms with Crippen LogP contribution in [-0.2, 0) is 9.59 Å². The highest BCUT2D eigenvalue weighted by molar-refractivity contribution is 8.00. The van der Waals surface area contributed by atoms with Crippen LogP contribution >= 0.6 is 11.8 Å². The molecule has 8 nitrogen and oxygen atoms in total. The van der Waals surface area contributed by atoms with Crippen molar-refractivity contribution < 1.29 is 23.9 Å². The van der Waals surface area contributed by atoms with Crippen LogP contribution in [0.4, 0.5) is 11.4 Å². The molecule has 3 amide bonds. The maximum atomic E-state index is 13.3. The van der Waals surface area contributed by atoms with Gasteiger partial charge in [-0.05, 0) is 96.6 Å². The predicted molar refractivity (Wildman–Crippen MR) is 182 cm³/mol. The van der Waals surface area contributed by atoms with Crippen molar-refractivity contribution in [3.05, 3.63) is 150 Å². The zero-order valence-electron chi connectivity index (χ0n) is 24.9. The summed E-state index contributed by atoms with van der Waals surface area (Å²) in [6.45, 7) is 0. The summed E-state index contributed by atoms with van der Waals surface area (Å²) >= 11 is 1.37. The number of thioether (sulfide) groups is 1. The van der Waals surface area contributed by atoms with Crippen molar-refractivity contribution in [1.82, 2.24) is 5.32 Å². The summed E-state index contributed by atoms with van der Waals surface area (Å²) < 4.78 is 11.1. The third kappa shape index (κ3) is 9.35. The van der Waals surface area contributed by atoms with Gasteiger partial charge in [-0.1, -0.05) is 48.5 Å². The van der Waals surface area contributed by atoms with Gasteiger partial charge in [0.25, 0.3) is 11.8 Å². The van der Waals surface area contributed by atoms with E-state index in [9.17, 15) is 14.4 Å². The Labute approximate surface area is 271 Å². The molecule has 46 heavy (non-hydrogen) atoms. The van der Waals surface area contributed by atoms with E-state index < -0.39 is 11.8 Å². The summed E-state index contributed by atoms with van der Waals surface area (Å²) in [5.41, 5.74) is 2.37. The molecule has 0 saturated carbocycles. The van der Waals surface area contributed by atoms with E-state index in [0.717, 1.165) is 10.6 Å². The van der Waals surface area contributed by atoms with Gasteiger partial charge in [0.1, 0.15) is 22.9 Å². The van der Waals surface area contributed by atoms with Gasteiger partial charge in [0.2, 0.25) is 5.91 Å². The number of para-hydroxylation sites is 1. The lowest BCUT2D eigenvalue weighted by Gasteiger charge is -2.12. The molecule has 0 radical (unpaired) electrons. The Bertz CT molecular complexity index is 1810. The Morgan fingerprint density at radius 2 is 1.28 bits per heavy atom. The summed E-state index contributed by atoms with van der Waals surface area (Å²) in [5.74, 6) is 1.18. The molecule has 9 heteroatoms. The van der Waals surface area contributed by atoms with Crippen LogP contribution in [0.25, 0.3) is 6.08 Å². The van der Waals surface area contributed by atoms with Crippen molar-refractivity contribution >= 4 is 46.9 Å². The van der Waals surface area contributed by atoms with Crippen LogP contribution < -0.4 is 25.4 Å². The summed E-state index contributed by atoms with van der Waals surface area (Å²) in [6.07, 6.45) is 1.59. The molecule has 0 bridgehead atoms. The number of benzene rings is 5. The van der Waals surface area contributed by atoms with Crippen LogP contribution in [0.1, 0.15) is 15.9 Å². The molecule has 5 rings (SSSR count). The lowest BCUT2D eigenvalue weighted by molar-refractivity contribution is -0.114. The molecule has 0 aromatic heterocycles. The number of carbonyl (C=O) groups is 3. The largest absolute Gasteiger partial charge is 0.497 e. The van der Waals surface area contributed by atoms with Crippen LogP contribution in [-0.4, -0.2) is 30.6 Å². The highest BCUT2D eigenvalue weighted by Crippen LogP contribution is 2.24. The Hall–Kier alpha value is -5.80. The molecule has 0 saturated heterocycles. The molecule has 0 spiro atoms. The van der Waals surface area contributed by atoms with Crippen molar-refractivity contribution in [2.45, 2.75) is 4.90 Å². The number of rotatable bonds is 12. The lowest BCUT2D eigenvalue weighted by Crippen LogP contribution is -2.30. The second-order valence-corrected chi connectivity index (χ2v) is 11.0. The van der Waals surface area contributed by atoms with Gasteiger partial charge in [0.05, 0.1) is 12.9 Å². The van der Waals surface area contributed by atoms with E-state index in [4.69, 9.17) is 9.47 Å². The topological polar surface area (TPSA) is 106 Å². The van der Waals surface area contributed by atoms with E-state index in [1.165, 1.54) is 11.8 Å². The smallest absolute Gasteiger partial charge is 0.272 e. The number of hydrogen-bond acceptors (Lipinski definition) is 6. The lowest BCUT2D eigenvalue weighted by atomic mass is 10.1. The van der Waals surface area contributed by atoms with Crippen molar-refractivity contribution in [3.8, 4) is 17.2 Å². The van der Waals surface area contributed by atoms with Crippen molar-refractivity contribution in [3.63, 3.8) is 0 Å². The van der Waals surface area contributed by atoms with Gasteiger partial charge >= 0.3 is 0 Å². The number of carbonyl (C=O) groups excluding carboxylic acids is 3. The molecule has 3 N–H and O–H groups in total. The van der Waals surface area contributed by atoms with Gasteiger partial charge in [-0.3, -0.25) is 14.4 Å². The summed E-state index contributed by atoms with van der Waals surface area (Å²) in [7, 11) is 1.56. The molecule has 0 aliphatic heterocycles. The van der Waals surface area contributed by atoms with Crippen LogP contribution in [0, 0.1) is 0 Å². The first-order valence-electron chi connectivity index (χ1n) is 14.3. The Morgan fingerprint density at radius 1 is 0.674 bits per heavy atom. The maximum Gasteiger partial charge on any atom is 0.272 e. The van der Waals surface area contributed by atoms with E-state index in [0.29, 0.717) is 34.0 Å². The Kier molecular flexibility index (Phi) is 10.8. The summed E-state index contributed by atoms with van der Waals surface area (Å²) in [5, 5.41) is 8.46. The van der Waals surface area contributed by atoms with Crippen molar-refractivity contribution in [2.75, 3.05) is 23.5 Å². The van der Waals surface area contributed by atoms with Gasteiger partial charge in [-0.2, -0.15) is 0 Å². The average Bonchev–Trinajstić information content (AvgIpc) is 3.09. The molecule has 230 valence electrons. The van der Waals surface area contributed by atoms with Gasteiger partial charge in [0, 0.05) is 21.8 Å². The van der Waals surface area contributed by atoms with Gasteiger partial charge in [0.15, 0.2) is 0 Å². The number of amides is 3. The second-order valence-electron chi connectivity index (χ2n) is 9.91. The minimum atomic E-state index is -0.493. The monoisotopic (exact) mass is 629 g/mol. The second kappa shape index (κ2) is 15.8. The molecular weight excluding hydrogens is 598 g/mol. The number of nitrogens with one attached hydrogen (secondary N) is 3. The van der Waals surface area contributed by atoms with Crippen LogP contribution in [0.3, 0.4) is 0 Å². The van der Waals surface area contributed by atoms with Gasteiger partial charge < -0.3 is 25.4 Å². The fourth-order valence-electron chi connectivity index (χ4n) is 4.25. The molecular formula is C37H31N3O5S. The molecule has 0 fully saturated rings. The number of methoxy groups -OCH3 is 1.